The van der Waals surface area contributed by atoms with Gasteiger partial charge >= 0.3 is 0 Å². The zero-order valence-corrected chi connectivity index (χ0v) is 12.7. The van der Waals surface area contributed by atoms with Gasteiger partial charge in [-0.25, -0.2) is 4.39 Å². The van der Waals surface area contributed by atoms with Gasteiger partial charge in [0.25, 0.3) is 0 Å². The average Bonchev–Trinajstić information content (AvgIpc) is 2.73. The second-order valence-corrected chi connectivity index (χ2v) is 5.72. The fourth-order valence-electron chi connectivity index (χ4n) is 3.13. The van der Waals surface area contributed by atoms with E-state index >= 15 is 0 Å². The summed E-state index contributed by atoms with van der Waals surface area (Å²) in [6.07, 6.45) is 3.56. The molecule has 2 heterocycles. The van der Waals surface area contributed by atoms with Crippen molar-refractivity contribution in [1.29, 1.82) is 0 Å². The molecule has 3 rings (SSSR count). The molecule has 0 aromatic heterocycles. The summed E-state index contributed by atoms with van der Waals surface area (Å²) in [4.78, 5) is 14.2. The fraction of sp³-hybridized carbons (Fsp3) is 0.533. The van der Waals surface area contributed by atoms with Crippen LogP contribution < -0.4 is 10.6 Å². The molecule has 2 aliphatic rings. The second kappa shape index (κ2) is 7.20. The van der Waals surface area contributed by atoms with Crippen LogP contribution in [0.5, 0.6) is 0 Å². The van der Waals surface area contributed by atoms with Crippen LogP contribution in [0.2, 0.25) is 0 Å². The molecule has 2 saturated heterocycles. The lowest BCUT2D eigenvalue weighted by molar-refractivity contribution is -0.117. The fourth-order valence-corrected chi connectivity index (χ4v) is 3.13. The highest BCUT2D eigenvalue weighted by atomic mass is 35.5. The number of carbonyl (C=O) groups excluding carboxylic acids is 1. The molecule has 2 atom stereocenters. The van der Waals surface area contributed by atoms with Gasteiger partial charge in [0.1, 0.15) is 5.82 Å². The Bertz CT molecular complexity index is 500. The molecule has 2 N–H and O–H groups in total. The molecular formula is C15H21ClFN3O. The van der Waals surface area contributed by atoms with E-state index in [1.54, 1.807) is 12.1 Å². The topological polar surface area (TPSA) is 44.4 Å². The summed E-state index contributed by atoms with van der Waals surface area (Å²) in [6.45, 7) is 2.25. The van der Waals surface area contributed by atoms with Gasteiger partial charge in [-0.15, -0.1) is 12.4 Å². The first-order chi connectivity index (χ1) is 9.69. The number of nitrogens with zero attached hydrogens (tertiary/aromatic N) is 1. The van der Waals surface area contributed by atoms with Crippen molar-refractivity contribution >= 4 is 24.0 Å². The van der Waals surface area contributed by atoms with Crippen LogP contribution in [0.1, 0.15) is 19.3 Å². The third-order valence-electron chi connectivity index (χ3n) is 4.08. The highest BCUT2D eigenvalue weighted by Gasteiger charge is 2.29. The maximum Gasteiger partial charge on any atom is 0.238 e. The number of likely N-dealkylation sites (tertiary alicyclic amines) is 1. The Kier molecular flexibility index (Phi) is 5.56. The molecule has 2 fully saturated rings. The van der Waals surface area contributed by atoms with Crippen LogP contribution in [0.15, 0.2) is 24.3 Å². The van der Waals surface area contributed by atoms with E-state index in [1.165, 1.54) is 25.0 Å². The van der Waals surface area contributed by atoms with Crippen molar-refractivity contribution in [3.05, 3.63) is 30.1 Å². The summed E-state index contributed by atoms with van der Waals surface area (Å²) in [5, 5.41) is 6.34. The summed E-state index contributed by atoms with van der Waals surface area (Å²) >= 11 is 0. The van der Waals surface area contributed by atoms with Gasteiger partial charge in [0.2, 0.25) is 5.91 Å². The first-order valence-electron chi connectivity index (χ1n) is 7.23. The Morgan fingerprint density at radius 1 is 1.33 bits per heavy atom. The number of carbonyl (C=O) groups is 1. The van der Waals surface area contributed by atoms with Gasteiger partial charge in [0, 0.05) is 30.9 Å². The average molecular weight is 314 g/mol. The third-order valence-corrected chi connectivity index (χ3v) is 4.08. The molecule has 2 bridgehead atoms. The molecule has 0 aliphatic carbocycles. The third kappa shape index (κ3) is 4.40. The molecule has 1 aromatic rings. The molecule has 6 heteroatoms. The van der Waals surface area contributed by atoms with Crippen molar-refractivity contribution < 1.29 is 9.18 Å². The van der Waals surface area contributed by atoms with Gasteiger partial charge in [0.15, 0.2) is 0 Å². The van der Waals surface area contributed by atoms with E-state index in [4.69, 9.17) is 0 Å². The highest BCUT2D eigenvalue weighted by Crippen LogP contribution is 2.20. The highest BCUT2D eigenvalue weighted by molar-refractivity contribution is 5.92. The molecule has 0 saturated carbocycles. The van der Waals surface area contributed by atoms with Gasteiger partial charge in [0.05, 0.1) is 6.54 Å². The number of rotatable bonds is 3. The number of anilines is 1. The Labute approximate surface area is 130 Å². The standard InChI is InChI=1S/C15H20FN3O.ClH/c16-11-2-1-3-13(8-11)18-15(20)10-19-7-6-12-4-5-14(9-19)17-12;/h1-3,8,12,14,17H,4-7,9-10H2,(H,18,20);1H. The predicted octanol–water partition coefficient (Wildman–Crippen LogP) is 2.01. The molecule has 2 unspecified atom stereocenters. The Morgan fingerprint density at radius 2 is 2.14 bits per heavy atom. The summed E-state index contributed by atoms with van der Waals surface area (Å²) in [5.74, 6) is -0.410. The first-order valence-corrected chi connectivity index (χ1v) is 7.23. The summed E-state index contributed by atoms with van der Waals surface area (Å²) < 4.78 is 13.1. The molecule has 4 nitrogen and oxygen atoms in total. The molecule has 116 valence electrons. The minimum Gasteiger partial charge on any atom is -0.325 e. The molecule has 0 radical (unpaired) electrons. The number of amides is 1. The van der Waals surface area contributed by atoms with Crippen LogP contribution in [0.4, 0.5) is 10.1 Å². The minimum atomic E-state index is -0.334. The smallest absolute Gasteiger partial charge is 0.238 e. The summed E-state index contributed by atoms with van der Waals surface area (Å²) in [6, 6.07) is 7.14. The van der Waals surface area contributed by atoms with Gasteiger partial charge in [-0.1, -0.05) is 6.07 Å². The summed E-state index contributed by atoms with van der Waals surface area (Å²) in [5.41, 5.74) is 0.518. The molecule has 2 aliphatic heterocycles. The zero-order valence-electron chi connectivity index (χ0n) is 11.8. The SMILES string of the molecule is Cl.O=C(CN1CCC2CCC(C1)N2)Nc1cccc(F)c1. The van der Waals surface area contributed by atoms with Crippen molar-refractivity contribution in [2.75, 3.05) is 25.0 Å². The van der Waals surface area contributed by atoms with Crippen molar-refractivity contribution in [3.8, 4) is 0 Å². The van der Waals surface area contributed by atoms with Crippen molar-refractivity contribution in [3.63, 3.8) is 0 Å². The van der Waals surface area contributed by atoms with E-state index in [0.29, 0.717) is 24.3 Å². The largest absolute Gasteiger partial charge is 0.325 e. The van der Waals surface area contributed by atoms with Crippen LogP contribution in [0, 0.1) is 5.82 Å². The zero-order chi connectivity index (χ0) is 13.9. The van der Waals surface area contributed by atoms with E-state index in [9.17, 15) is 9.18 Å². The van der Waals surface area contributed by atoms with Crippen molar-refractivity contribution in [1.82, 2.24) is 10.2 Å². The maximum absolute atomic E-state index is 13.1. The first kappa shape index (κ1) is 16.2. The van der Waals surface area contributed by atoms with Crippen LogP contribution in [0.3, 0.4) is 0 Å². The Hall–Kier alpha value is -1.17. The van der Waals surface area contributed by atoms with E-state index in [1.807, 2.05) is 0 Å². The van der Waals surface area contributed by atoms with Gasteiger partial charge in [-0.2, -0.15) is 0 Å². The van der Waals surface area contributed by atoms with Crippen LogP contribution in [-0.2, 0) is 4.79 Å². The lowest BCUT2D eigenvalue weighted by Gasteiger charge is -2.23. The normalized spacial score (nSPS) is 25.0. The Balaban J connectivity index is 0.00000161. The van der Waals surface area contributed by atoms with Crippen LogP contribution in [0.25, 0.3) is 0 Å². The van der Waals surface area contributed by atoms with E-state index in [-0.39, 0.29) is 24.1 Å². The number of halogens is 2. The monoisotopic (exact) mass is 313 g/mol. The van der Waals surface area contributed by atoms with E-state index < -0.39 is 0 Å². The second-order valence-electron chi connectivity index (χ2n) is 5.72. The van der Waals surface area contributed by atoms with Crippen LogP contribution >= 0.6 is 12.4 Å². The van der Waals surface area contributed by atoms with E-state index in [0.717, 1.165) is 19.5 Å². The van der Waals surface area contributed by atoms with Crippen molar-refractivity contribution in [2.24, 2.45) is 0 Å². The van der Waals surface area contributed by atoms with E-state index in [2.05, 4.69) is 15.5 Å². The molecule has 0 spiro atoms. The van der Waals surface area contributed by atoms with Gasteiger partial charge < -0.3 is 10.6 Å². The number of benzene rings is 1. The number of nitrogens with one attached hydrogen (secondary N) is 2. The quantitative estimate of drug-likeness (QED) is 0.897. The maximum atomic E-state index is 13.1. The van der Waals surface area contributed by atoms with Gasteiger partial charge in [-0.3, -0.25) is 9.69 Å². The lowest BCUT2D eigenvalue weighted by Crippen LogP contribution is -2.39. The molecule has 1 aromatic carbocycles. The number of fused-ring (bicyclic) bond motifs is 2. The van der Waals surface area contributed by atoms with Crippen molar-refractivity contribution in [2.45, 2.75) is 31.3 Å². The Morgan fingerprint density at radius 3 is 2.95 bits per heavy atom. The predicted molar refractivity (Wildman–Crippen MR) is 83.3 cm³/mol. The minimum absolute atomic E-state index is 0. The molecule has 1 amide bonds. The number of hydrogen-bond donors (Lipinski definition) is 2. The van der Waals surface area contributed by atoms with Crippen LogP contribution in [-0.4, -0.2) is 42.5 Å². The van der Waals surface area contributed by atoms with Gasteiger partial charge in [-0.05, 0) is 37.5 Å². The number of hydrogen-bond acceptors (Lipinski definition) is 3. The summed E-state index contributed by atoms with van der Waals surface area (Å²) in [7, 11) is 0. The molecule has 21 heavy (non-hydrogen) atoms. The molecular weight excluding hydrogens is 293 g/mol. The lowest BCUT2D eigenvalue weighted by atomic mass is 10.1.